The molecule has 2 aromatic heterocycles. The van der Waals surface area contributed by atoms with Gasteiger partial charge in [-0.15, -0.1) is 5.10 Å². The van der Waals surface area contributed by atoms with Gasteiger partial charge in [0.2, 0.25) is 5.75 Å². The predicted octanol–water partition coefficient (Wildman–Crippen LogP) is 5.79. The molecule has 194 valence electrons. The van der Waals surface area contributed by atoms with E-state index in [9.17, 15) is 0 Å². The van der Waals surface area contributed by atoms with Gasteiger partial charge in [-0.1, -0.05) is 19.8 Å². The molecule has 0 spiro atoms. The number of nitrogens with one attached hydrogen (secondary N) is 1. The van der Waals surface area contributed by atoms with Crippen LogP contribution in [0.2, 0.25) is 0 Å². The molecule has 9 nitrogen and oxygen atoms in total. The molecule has 9 heteroatoms. The van der Waals surface area contributed by atoms with Crippen molar-refractivity contribution in [1.82, 2.24) is 19.6 Å². The van der Waals surface area contributed by atoms with Crippen LogP contribution in [-0.4, -0.2) is 48.0 Å². The minimum Gasteiger partial charge on any atom is -0.497 e. The number of methoxy groups -OCH3 is 4. The van der Waals surface area contributed by atoms with Crippen molar-refractivity contribution in [3.05, 3.63) is 47.9 Å². The van der Waals surface area contributed by atoms with E-state index in [0.29, 0.717) is 34.8 Å². The standard InChI is InChI=1S/C28H33N5O4/c1-6-21-24-27(29-19-15-22(35-3)25(37-5)23(16-19)36-4)31-26(17-11-13-20(34-2)14-12-17)32-33(24)28(30-21)18-9-7-8-10-18/h11-16,18H,6-10H2,1-5H3,(H,29,31,32). The quantitative estimate of drug-likeness (QED) is 0.307. The molecular weight excluding hydrogens is 470 g/mol. The Morgan fingerprint density at radius 1 is 0.892 bits per heavy atom. The van der Waals surface area contributed by atoms with Gasteiger partial charge in [-0.25, -0.2) is 14.5 Å². The Balaban J connectivity index is 1.70. The fourth-order valence-electron chi connectivity index (χ4n) is 5.02. The maximum Gasteiger partial charge on any atom is 0.203 e. The Morgan fingerprint density at radius 3 is 2.14 bits per heavy atom. The van der Waals surface area contributed by atoms with Gasteiger partial charge >= 0.3 is 0 Å². The minimum absolute atomic E-state index is 0.389. The van der Waals surface area contributed by atoms with Crippen molar-refractivity contribution < 1.29 is 18.9 Å². The van der Waals surface area contributed by atoms with E-state index in [1.807, 2.05) is 40.9 Å². The van der Waals surface area contributed by atoms with E-state index in [4.69, 9.17) is 34.0 Å². The molecule has 0 amide bonds. The van der Waals surface area contributed by atoms with Crippen LogP contribution < -0.4 is 24.3 Å². The highest BCUT2D eigenvalue weighted by Gasteiger charge is 2.26. The zero-order valence-electron chi connectivity index (χ0n) is 22.0. The number of aromatic nitrogens is 4. The zero-order chi connectivity index (χ0) is 25.9. The van der Waals surface area contributed by atoms with Crippen molar-refractivity contribution >= 4 is 17.0 Å². The summed E-state index contributed by atoms with van der Waals surface area (Å²) in [5.74, 6) is 5.09. The highest BCUT2D eigenvalue weighted by molar-refractivity contribution is 5.79. The van der Waals surface area contributed by atoms with Gasteiger partial charge < -0.3 is 24.3 Å². The van der Waals surface area contributed by atoms with Crippen LogP contribution >= 0.6 is 0 Å². The molecule has 1 fully saturated rings. The summed E-state index contributed by atoms with van der Waals surface area (Å²) in [5.41, 5.74) is 3.50. The van der Waals surface area contributed by atoms with Gasteiger partial charge in [-0.2, -0.15) is 0 Å². The number of anilines is 2. The van der Waals surface area contributed by atoms with Crippen LogP contribution in [-0.2, 0) is 6.42 Å². The first-order valence-electron chi connectivity index (χ1n) is 12.6. The third-order valence-electron chi connectivity index (χ3n) is 6.92. The molecule has 0 saturated heterocycles. The SMILES string of the molecule is CCc1nc(C2CCCC2)n2nc(-c3ccc(OC)cc3)nc(Nc3cc(OC)c(OC)c(OC)c3)c12. The van der Waals surface area contributed by atoms with Gasteiger partial charge in [0.15, 0.2) is 23.1 Å². The normalized spacial score (nSPS) is 13.6. The molecule has 1 aliphatic carbocycles. The summed E-state index contributed by atoms with van der Waals surface area (Å²) in [6.45, 7) is 2.11. The summed E-state index contributed by atoms with van der Waals surface area (Å²) < 4.78 is 24.0. The van der Waals surface area contributed by atoms with E-state index in [1.54, 1.807) is 28.4 Å². The van der Waals surface area contributed by atoms with Crippen LogP contribution in [0.25, 0.3) is 16.9 Å². The molecule has 2 heterocycles. The lowest BCUT2D eigenvalue weighted by Crippen LogP contribution is -2.08. The minimum atomic E-state index is 0.389. The number of benzene rings is 2. The van der Waals surface area contributed by atoms with Crippen LogP contribution in [0, 0.1) is 0 Å². The van der Waals surface area contributed by atoms with Crippen molar-refractivity contribution in [3.63, 3.8) is 0 Å². The van der Waals surface area contributed by atoms with Gasteiger partial charge in [0.05, 0.1) is 34.1 Å². The Kier molecular flexibility index (Phi) is 7.03. The van der Waals surface area contributed by atoms with Gasteiger partial charge in [0.1, 0.15) is 17.1 Å². The number of aryl methyl sites for hydroxylation is 1. The molecule has 5 rings (SSSR count). The lowest BCUT2D eigenvalue weighted by molar-refractivity contribution is 0.324. The lowest BCUT2D eigenvalue weighted by atomic mass is 10.1. The van der Waals surface area contributed by atoms with Gasteiger partial charge in [0.25, 0.3) is 0 Å². The summed E-state index contributed by atoms with van der Waals surface area (Å²) >= 11 is 0. The first-order chi connectivity index (χ1) is 18.1. The van der Waals surface area contributed by atoms with Crippen molar-refractivity contribution in [2.75, 3.05) is 33.8 Å². The Morgan fingerprint density at radius 2 is 1.57 bits per heavy atom. The summed E-state index contributed by atoms with van der Waals surface area (Å²) in [6, 6.07) is 11.5. The van der Waals surface area contributed by atoms with Gasteiger partial charge in [-0.05, 0) is 43.5 Å². The van der Waals surface area contributed by atoms with Crippen molar-refractivity contribution in [1.29, 1.82) is 0 Å². The van der Waals surface area contributed by atoms with E-state index in [-0.39, 0.29) is 0 Å². The largest absolute Gasteiger partial charge is 0.497 e. The molecule has 0 radical (unpaired) electrons. The van der Waals surface area contributed by atoms with Gasteiger partial charge in [0, 0.05) is 29.3 Å². The topological polar surface area (TPSA) is 92.0 Å². The third-order valence-corrected chi connectivity index (χ3v) is 6.92. The van der Waals surface area contributed by atoms with Crippen molar-refractivity contribution in [2.24, 2.45) is 0 Å². The molecule has 1 saturated carbocycles. The highest BCUT2D eigenvalue weighted by atomic mass is 16.5. The molecule has 1 N–H and O–H groups in total. The number of hydrogen-bond acceptors (Lipinski definition) is 8. The molecular formula is C28H33N5O4. The van der Waals surface area contributed by atoms with E-state index in [2.05, 4.69) is 12.2 Å². The number of ether oxygens (including phenoxy) is 4. The first kappa shape index (κ1) is 24.7. The second kappa shape index (κ2) is 10.5. The average molecular weight is 504 g/mol. The summed E-state index contributed by atoms with van der Waals surface area (Å²) in [4.78, 5) is 10.1. The maximum atomic E-state index is 5.57. The molecule has 0 aliphatic heterocycles. The monoisotopic (exact) mass is 503 g/mol. The average Bonchev–Trinajstić information content (AvgIpc) is 3.60. The summed E-state index contributed by atoms with van der Waals surface area (Å²) in [7, 11) is 6.45. The van der Waals surface area contributed by atoms with Gasteiger partial charge in [-0.3, -0.25) is 0 Å². The number of fused-ring (bicyclic) bond motifs is 1. The number of nitrogens with zero attached hydrogens (tertiary/aromatic N) is 4. The molecule has 0 bridgehead atoms. The van der Waals surface area contributed by atoms with E-state index < -0.39 is 0 Å². The lowest BCUT2D eigenvalue weighted by Gasteiger charge is -2.16. The number of hydrogen-bond donors (Lipinski definition) is 1. The molecule has 2 aromatic carbocycles. The number of imidazole rings is 1. The maximum absolute atomic E-state index is 5.57. The van der Waals surface area contributed by atoms with Crippen LogP contribution in [0.1, 0.15) is 50.0 Å². The molecule has 37 heavy (non-hydrogen) atoms. The smallest absolute Gasteiger partial charge is 0.203 e. The van der Waals surface area contributed by atoms with E-state index >= 15 is 0 Å². The Labute approximate surface area is 216 Å². The number of rotatable bonds is 9. The van der Waals surface area contributed by atoms with Crippen molar-refractivity contribution in [2.45, 2.75) is 44.9 Å². The van der Waals surface area contributed by atoms with Crippen LogP contribution in [0.3, 0.4) is 0 Å². The Bertz CT molecular complexity index is 1370. The summed E-state index contributed by atoms with van der Waals surface area (Å²) in [5, 5.41) is 8.51. The summed E-state index contributed by atoms with van der Waals surface area (Å²) in [6.07, 6.45) is 5.45. The Hall–Kier alpha value is -4.01. The van der Waals surface area contributed by atoms with Crippen LogP contribution in [0.5, 0.6) is 23.0 Å². The van der Waals surface area contributed by atoms with E-state index in [1.165, 1.54) is 12.8 Å². The highest BCUT2D eigenvalue weighted by Crippen LogP contribution is 2.41. The molecule has 0 atom stereocenters. The predicted molar refractivity (Wildman–Crippen MR) is 143 cm³/mol. The first-order valence-corrected chi connectivity index (χ1v) is 12.6. The fraction of sp³-hybridized carbons (Fsp3) is 0.393. The molecule has 0 unspecified atom stereocenters. The van der Waals surface area contributed by atoms with Crippen LogP contribution in [0.4, 0.5) is 11.5 Å². The third kappa shape index (κ3) is 4.61. The fourth-order valence-corrected chi connectivity index (χ4v) is 5.02. The second-order valence-corrected chi connectivity index (χ2v) is 9.06. The molecule has 1 aliphatic rings. The van der Waals surface area contributed by atoms with Crippen LogP contribution in [0.15, 0.2) is 36.4 Å². The zero-order valence-corrected chi connectivity index (χ0v) is 22.0. The van der Waals surface area contributed by atoms with E-state index in [0.717, 1.165) is 53.3 Å². The molecule has 4 aromatic rings. The second-order valence-electron chi connectivity index (χ2n) is 9.06. The van der Waals surface area contributed by atoms with Crippen molar-refractivity contribution in [3.8, 4) is 34.4 Å².